The summed E-state index contributed by atoms with van der Waals surface area (Å²) >= 11 is 5.69. The van der Waals surface area contributed by atoms with Crippen LogP contribution in [0, 0.1) is 0 Å². The zero-order chi connectivity index (χ0) is 9.84. The third-order valence-electron chi connectivity index (χ3n) is 1.85. The van der Waals surface area contributed by atoms with Crippen LogP contribution in [0.1, 0.15) is 11.5 Å². The van der Waals surface area contributed by atoms with Crippen LogP contribution in [0.25, 0.3) is 0 Å². The van der Waals surface area contributed by atoms with E-state index >= 15 is 0 Å². The summed E-state index contributed by atoms with van der Waals surface area (Å²) in [4.78, 5) is 10.9. The van der Waals surface area contributed by atoms with E-state index in [0.717, 1.165) is 5.56 Å². The SMILES string of the molecule is NC[C@@H](C(N)=O)c1ccc(Cl)cc1. The molecule has 1 atom stereocenters. The number of hydrogen-bond donors (Lipinski definition) is 2. The lowest BCUT2D eigenvalue weighted by atomic mass is 9.99. The first-order valence-electron chi connectivity index (χ1n) is 3.90. The molecule has 0 heterocycles. The van der Waals surface area contributed by atoms with Crippen LogP contribution >= 0.6 is 11.6 Å². The third kappa shape index (κ3) is 2.44. The zero-order valence-electron chi connectivity index (χ0n) is 7.03. The van der Waals surface area contributed by atoms with E-state index in [1.165, 1.54) is 0 Å². The fourth-order valence-electron chi connectivity index (χ4n) is 1.11. The number of hydrogen-bond acceptors (Lipinski definition) is 2. The van der Waals surface area contributed by atoms with Gasteiger partial charge in [-0.3, -0.25) is 4.79 Å². The summed E-state index contributed by atoms with van der Waals surface area (Å²) in [6.45, 7) is 0.219. The molecule has 0 spiro atoms. The minimum absolute atomic E-state index is 0.219. The number of primary amides is 1. The van der Waals surface area contributed by atoms with E-state index < -0.39 is 11.8 Å². The Morgan fingerprint density at radius 1 is 1.38 bits per heavy atom. The molecule has 13 heavy (non-hydrogen) atoms. The van der Waals surface area contributed by atoms with Crippen LogP contribution in [-0.4, -0.2) is 12.5 Å². The summed E-state index contributed by atoms with van der Waals surface area (Å²) in [7, 11) is 0. The Kier molecular flexibility index (Phi) is 3.28. The molecule has 4 heteroatoms. The molecule has 0 radical (unpaired) electrons. The lowest BCUT2D eigenvalue weighted by Crippen LogP contribution is -2.27. The maximum Gasteiger partial charge on any atom is 0.226 e. The number of benzene rings is 1. The Hall–Kier alpha value is -1.06. The summed E-state index contributed by atoms with van der Waals surface area (Å²) in [5.74, 6) is -0.831. The first kappa shape index (κ1) is 10.0. The predicted molar refractivity (Wildman–Crippen MR) is 52.4 cm³/mol. The van der Waals surface area contributed by atoms with Gasteiger partial charge in [0.15, 0.2) is 0 Å². The van der Waals surface area contributed by atoms with Crippen molar-refractivity contribution >= 4 is 17.5 Å². The average Bonchev–Trinajstić information content (AvgIpc) is 2.09. The van der Waals surface area contributed by atoms with Crippen molar-refractivity contribution in [3.8, 4) is 0 Å². The van der Waals surface area contributed by atoms with Gasteiger partial charge in [0.2, 0.25) is 5.91 Å². The van der Waals surface area contributed by atoms with Crippen molar-refractivity contribution in [2.45, 2.75) is 5.92 Å². The van der Waals surface area contributed by atoms with Crippen LogP contribution in [0.3, 0.4) is 0 Å². The molecule has 70 valence electrons. The first-order valence-corrected chi connectivity index (χ1v) is 4.27. The molecule has 1 aromatic carbocycles. The second kappa shape index (κ2) is 4.25. The van der Waals surface area contributed by atoms with Crippen LogP contribution in [-0.2, 0) is 4.79 Å². The molecule has 1 amide bonds. The number of carbonyl (C=O) groups is 1. The normalized spacial score (nSPS) is 12.5. The van der Waals surface area contributed by atoms with Crippen molar-refractivity contribution in [3.63, 3.8) is 0 Å². The molecular weight excluding hydrogens is 188 g/mol. The monoisotopic (exact) mass is 198 g/mol. The van der Waals surface area contributed by atoms with Gasteiger partial charge in [-0.15, -0.1) is 0 Å². The van der Waals surface area contributed by atoms with E-state index in [0.29, 0.717) is 5.02 Å². The Morgan fingerprint density at radius 3 is 2.31 bits per heavy atom. The average molecular weight is 199 g/mol. The Labute approximate surface area is 81.7 Å². The van der Waals surface area contributed by atoms with Crippen molar-refractivity contribution in [3.05, 3.63) is 34.9 Å². The molecule has 0 unspecified atom stereocenters. The summed E-state index contributed by atoms with van der Waals surface area (Å²) in [5, 5.41) is 0.629. The van der Waals surface area contributed by atoms with Crippen molar-refractivity contribution < 1.29 is 4.79 Å². The molecule has 4 N–H and O–H groups in total. The highest BCUT2D eigenvalue weighted by Crippen LogP contribution is 2.17. The summed E-state index contributed by atoms with van der Waals surface area (Å²) < 4.78 is 0. The number of amides is 1. The summed E-state index contributed by atoms with van der Waals surface area (Å²) in [6, 6.07) is 6.93. The highest BCUT2D eigenvalue weighted by molar-refractivity contribution is 6.30. The van der Waals surface area contributed by atoms with Crippen molar-refractivity contribution in [1.29, 1.82) is 0 Å². The van der Waals surface area contributed by atoms with Gasteiger partial charge < -0.3 is 11.5 Å². The lowest BCUT2D eigenvalue weighted by Gasteiger charge is -2.10. The van der Waals surface area contributed by atoms with Gasteiger partial charge in [0.1, 0.15) is 0 Å². The smallest absolute Gasteiger partial charge is 0.226 e. The molecule has 0 aliphatic carbocycles. The Bertz CT molecular complexity index is 297. The number of halogens is 1. The van der Waals surface area contributed by atoms with Gasteiger partial charge in [-0.25, -0.2) is 0 Å². The largest absolute Gasteiger partial charge is 0.369 e. The van der Waals surface area contributed by atoms with Crippen LogP contribution in [0.4, 0.5) is 0 Å². The highest BCUT2D eigenvalue weighted by atomic mass is 35.5. The summed E-state index contributed by atoms with van der Waals surface area (Å²) in [5.41, 5.74) is 11.4. The van der Waals surface area contributed by atoms with Crippen molar-refractivity contribution in [2.75, 3.05) is 6.54 Å². The second-order valence-electron chi connectivity index (χ2n) is 2.74. The quantitative estimate of drug-likeness (QED) is 0.757. The van der Waals surface area contributed by atoms with Gasteiger partial charge in [0.25, 0.3) is 0 Å². The van der Waals surface area contributed by atoms with E-state index in [2.05, 4.69) is 0 Å². The Morgan fingerprint density at radius 2 is 1.92 bits per heavy atom. The zero-order valence-corrected chi connectivity index (χ0v) is 7.79. The third-order valence-corrected chi connectivity index (χ3v) is 2.10. The molecule has 3 nitrogen and oxygen atoms in total. The van der Waals surface area contributed by atoms with Crippen LogP contribution in [0.5, 0.6) is 0 Å². The topological polar surface area (TPSA) is 69.1 Å². The second-order valence-corrected chi connectivity index (χ2v) is 3.18. The van der Waals surface area contributed by atoms with Crippen molar-refractivity contribution in [1.82, 2.24) is 0 Å². The maximum atomic E-state index is 10.9. The van der Waals surface area contributed by atoms with Crippen LogP contribution in [0.15, 0.2) is 24.3 Å². The lowest BCUT2D eigenvalue weighted by molar-refractivity contribution is -0.119. The fraction of sp³-hybridized carbons (Fsp3) is 0.222. The molecule has 1 rings (SSSR count). The van der Waals surface area contributed by atoms with Gasteiger partial charge in [0, 0.05) is 11.6 Å². The molecule has 0 saturated heterocycles. The number of rotatable bonds is 3. The van der Waals surface area contributed by atoms with E-state index in [-0.39, 0.29) is 6.54 Å². The molecule has 0 aliphatic rings. The fourth-order valence-corrected chi connectivity index (χ4v) is 1.24. The Balaban J connectivity index is 2.92. The standard InChI is InChI=1S/C9H11ClN2O/c10-7-3-1-6(2-4-7)8(5-11)9(12)13/h1-4,8H,5,11H2,(H2,12,13)/t8-/m1/s1. The van der Waals surface area contributed by atoms with Crippen LogP contribution in [0.2, 0.25) is 5.02 Å². The molecule has 0 saturated carbocycles. The summed E-state index contributed by atoms with van der Waals surface area (Å²) in [6.07, 6.45) is 0. The first-order chi connectivity index (χ1) is 6.15. The number of nitrogens with two attached hydrogens (primary N) is 2. The van der Waals surface area contributed by atoms with E-state index in [9.17, 15) is 4.79 Å². The molecular formula is C9H11ClN2O. The highest BCUT2D eigenvalue weighted by Gasteiger charge is 2.14. The number of carbonyl (C=O) groups excluding carboxylic acids is 1. The maximum absolute atomic E-state index is 10.9. The van der Waals surface area contributed by atoms with Gasteiger partial charge >= 0.3 is 0 Å². The van der Waals surface area contributed by atoms with Gasteiger partial charge in [-0.2, -0.15) is 0 Å². The molecule has 0 aromatic heterocycles. The van der Waals surface area contributed by atoms with E-state index in [1.807, 2.05) is 0 Å². The van der Waals surface area contributed by atoms with Crippen LogP contribution < -0.4 is 11.5 Å². The van der Waals surface area contributed by atoms with Gasteiger partial charge in [-0.1, -0.05) is 23.7 Å². The minimum Gasteiger partial charge on any atom is -0.369 e. The van der Waals surface area contributed by atoms with E-state index in [4.69, 9.17) is 23.1 Å². The van der Waals surface area contributed by atoms with Crippen molar-refractivity contribution in [2.24, 2.45) is 11.5 Å². The predicted octanol–water partition coefficient (Wildman–Crippen LogP) is 0.868. The minimum atomic E-state index is -0.419. The van der Waals surface area contributed by atoms with E-state index in [1.54, 1.807) is 24.3 Å². The van der Waals surface area contributed by atoms with Gasteiger partial charge in [0.05, 0.1) is 5.92 Å². The molecule has 0 aliphatic heterocycles. The molecule has 1 aromatic rings. The molecule has 0 bridgehead atoms. The van der Waals surface area contributed by atoms with Gasteiger partial charge in [-0.05, 0) is 17.7 Å². The molecule has 0 fully saturated rings.